The Bertz CT molecular complexity index is 585. The van der Waals surface area contributed by atoms with Crippen molar-refractivity contribution in [2.75, 3.05) is 12.3 Å². The molecule has 2 aliphatic heterocycles. The second-order valence-corrected chi connectivity index (χ2v) is 6.45. The fourth-order valence-electron chi connectivity index (χ4n) is 4.00. The molecule has 0 spiro atoms. The maximum absolute atomic E-state index is 12.9. The molecule has 0 unspecified atom stereocenters. The van der Waals surface area contributed by atoms with Gasteiger partial charge in [0.15, 0.2) is 0 Å². The van der Waals surface area contributed by atoms with E-state index >= 15 is 0 Å². The Hall–Kier alpha value is -1.84. The third kappa shape index (κ3) is 1.74. The van der Waals surface area contributed by atoms with Crippen LogP contribution in [0.25, 0.3) is 0 Å². The summed E-state index contributed by atoms with van der Waals surface area (Å²) in [5.74, 6) is 0.0172. The van der Waals surface area contributed by atoms with Crippen LogP contribution in [-0.2, 0) is 15.0 Å². The highest BCUT2D eigenvalue weighted by atomic mass is 16.2. The van der Waals surface area contributed by atoms with Crippen LogP contribution in [0.15, 0.2) is 24.3 Å². The highest BCUT2D eigenvalue weighted by Gasteiger charge is 2.68. The lowest BCUT2D eigenvalue weighted by atomic mass is 9.46. The third-order valence-electron chi connectivity index (χ3n) is 5.22. The number of hydrogen-bond acceptors (Lipinski definition) is 3. The van der Waals surface area contributed by atoms with Gasteiger partial charge in [-0.05, 0) is 43.4 Å². The predicted octanol–water partition coefficient (Wildman–Crippen LogP) is 2.48. The summed E-state index contributed by atoms with van der Waals surface area (Å²) in [6.07, 6.45) is 2.90. The highest BCUT2D eigenvalue weighted by molar-refractivity contribution is 6.09. The number of amides is 2. The van der Waals surface area contributed by atoms with Crippen LogP contribution in [-0.4, -0.2) is 23.3 Å². The number of piperidine rings is 2. The molecule has 2 bridgehead atoms. The standard InChI is InChI=1S/C17H22N2O2/c1-3-9-19-14(20)16(4-2)10-17(11-16,15(19)21)12-5-7-13(18)8-6-12/h5-8H,3-4,9-11,18H2,1-2H3. The fourth-order valence-corrected chi connectivity index (χ4v) is 4.00. The zero-order chi connectivity index (χ0) is 15.3. The number of fused-ring (bicyclic) bond motifs is 2. The quantitative estimate of drug-likeness (QED) is 0.683. The van der Waals surface area contributed by atoms with E-state index in [0.717, 1.165) is 18.4 Å². The average molecular weight is 286 g/mol. The van der Waals surface area contributed by atoms with Gasteiger partial charge in [0.05, 0.1) is 10.8 Å². The van der Waals surface area contributed by atoms with E-state index in [9.17, 15) is 9.59 Å². The van der Waals surface area contributed by atoms with Crippen molar-refractivity contribution in [3.05, 3.63) is 29.8 Å². The van der Waals surface area contributed by atoms with Crippen molar-refractivity contribution in [2.45, 2.75) is 44.9 Å². The number of imide groups is 1. The molecule has 2 heterocycles. The van der Waals surface area contributed by atoms with Crippen molar-refractivity contribution in [1.82, 2.24) is 4.90 Å². The van der Waals surface area contributed by atoms with Crippen LogP contribution >= 0.6 is 0 Å². The summed E-state index contributed by atoms with van der Waals surface area (Å²) in [7, 11) is 0. The van der Waals surface area contributed by atoms with Crippen molar-refractivity contribution >= 4 is 17.5 Å². The zero-order valence-electron chi connectivity index (χ0n) is 12.7. The first kappa shape index (κ1) is 14.1. The van der Waals surface area contributed by atoms with Crippen LogP contribution in [0.1, 0.15) is 45.1 Å². The van der Waals surface area contributed by atoms with Crippen molar-refractivity contribution in [3.8, 4) is 0 Å². The molecule has 4 rings (SSSR count). The molecule has 3 aliphatic rings. The zero-order valence-corrected chi connectivity index (χ0v) is 12.7. The molecule has 21 heavy (non-hydrogen) atoms. The largest absolute Gasteiger partial charge is 0.399 e. The second kappa shape index (κ2) is 4.58. The van der Waals surface area contributed by atoms with E-state index in [4.69, 9.17) is 5.73 Å². The van der Waals surface area contributed by atoms with E-state index in [2.05, 4.69) is 0 Å². The van der Waals surface area contributed by atoms with Crippen LogP contribution in [0.2, 0.25) is 0 Å². The van der Waals surface area contributed by atoms with Gasteiger partial charge >= 0.3 is 0 Å². The molecule has 0 atom stereocenters. The number of carbonyl (C=O) groups excluding carboxylic acids is 2. The number of hydrogen-bond donors (Lipinski definition) is 1. The monoisotopic (exact) mass is 286 g/mol. The maximum Gasteiger partial charge on any atom is 0.239 e. The Kier molecular flexibility index (Phi) is 3.08. The lowest BCUT2D eigenvalue weighted by molar-refractivity contribution is -0.182. The van der Waals surface area contributed by atoms with E-state index in [1.54, 1.807) is 0 Å². The van der Waals surface area contributed by atoms with Crippen LogP contribution < -0.4 is 5.73 Å². The van der Waals surface area contributed by atoms with E-state index in [1.165, 1.54) is 4.90 Å². The van der Waals surface area contributed by atoms with Crippen molar-refractivity contribution in [3.63, 3.8) is 0 Å². The Morgan fingerprint density at radius 3 is 2.24 bits per heavy atom. The van der Waals surface area contributed by atoms with Gasteiger partial charge in [-0.3, -0.25) is 14.5 Å². The summed E-state index contributed by atoms with van der Waals surface area (Å²) in [5, 5.41) is 0. The molecule has 2 N–H and O–H groups in total. The van der Waals surface area contributed by atoms with Gasteiger partial charge in [0.2, 0.25) is 11.8 Å². The molecule has 4 heteroatoms. The minimum atomic E-state index is -0.507. The Morgan fingerprint density at radius 1 is 1.10 bits per heavy atom. The average Bonchev–Trinajstić information content (AvgIpc) is 2.44. The molecule has 4 nitrogen and oxygen atoms in total. The Morgan fingerprint density at radius 2 is 1.71 bits per heavy atom. The van der Waals surface area contributed by atoms with E-state index in [0.29, 0.717) is 25.1 Å². The second-order valence-electron chi connectivity index (χ2n) is 6.45. The lowest BCUT2D eigenvalue weighted by Gasteiger charge is -2.61. The van der Waals surface area contributed by atoms with Crippen LogP contribution in [0.3, 0.4) is 0 Å². The molecule has 1 aliphatic carbocycles. The highest BCUT2D eigenvalue weighted by Crippen LogP contribution is 2.62. The molecule has 112 valence electrons. The van der Waals surface area contributed by atoms with Crippen LogP contribution in [0, 0.1) is 5.41 Å². The number of carbonyl (C=O) groups is 2. The molecule has 1 aromatic rings. The molecule has 3 fully saturated rings. The smallest absolute Gasteiger partial charge is 0.239 e. The molecule has 0 radical (unpaired) electrons. The van der Waals surface area contributed by atoms with E-state index < -0.39 is 5.41 Å². The summed E-state index contributed by atoms with van der Waals surface area (Å²) in [5.41, 5.74) is 6.61. The van der Waals surface area contributed by atoms with Gasteiger partial charge < -0.3 is 5.73 Å². The number of benzene rings is 1. The molecule has 1 aromatic carbocycles. The van der Waals surface area contributed by atoms with Gasteiger partial charge in [0.1, 0.15) is 0 Å². The third-order valence-corrected chi connectivity index (χ3v) is 5.22. The fraction of sp³-hybridized carbons (Fsp3) is 0.529. The number of nitrogen functional groups attached to an aromatic ring is 1. The topological polar surface area (TPSA) is 63.4 Å². The Balaban J connectivity index is 2.02. The van der Waals surface area contributed by atoms with E-state index in [1.807, 2.05) is 38.1 Å². The minimum absolute atomic E-state index is 0.0190. The van der Waals surface area contributed by atoms with Crippen LogP contribution in [0.5, 0.6) is 0 Å². The summed E-state index contributed by atoms with van der Waals surface area (Å²) in [4.78, 5) is 27.0. The predicted molar refractivity (Wildman–Crippen MR) is 81.5 cm³/mol. The summed E-state index contributed by atoms with van der Waals surface area (Å²) >= 11 is 0. The molecular weight excluding hydrogens is 264 g/mol. The molecule has 2 saturated heterocycles. The molecular formula is C17H22N2O2. The van der Waals surface area contributed by atoms with Gasteiger partial charge in [-0.25, -0.2) is 0 Å². The number of nitrogens with two attached hydrogens (primary N) is 1. The maximum atomic E-state index is 12.9. The minimum Gasteiger partial charge on any atom is -0.399 e. The molecule has 1 saturated carbocycles. The number of nitrogens with zero attached hydrogens (tertiary/aromatic N) is 1. The number of anilines is 1. The first-order valence-electron chi connectivity index (χ1n) is 7.71. The van der Waals surface area contributed by atoms with Gasteiger partial charge in [0, 0.05) is 12.2 Å². The van der Waals surface area contributed by atoms with Gasteiger partial charge in [-0.1, -0.05) is 26.0 Å². The summed E-state index contributed by atoms with van der Waals surface area (Å²) in [6, 6.07) is 7.55. The van der Waals surface area contributed by atoms with Gasteiger partial charge in [0.25, 0.3) is 0 Å². The lowest BCUT2D eigenvalue weighted by Crippen LogP contribution is -2.71. The van der Waals surface area contributed by atoms with Gasteiger partial charge in [-0.2, -0.15) is 0 Å². The summed E-state index contributed by atoms with van der Waals surface area (Å²) < 4.78 is 0. The first-order chi connectivity index (χ1) is 9.99. The summed E-state index contributed by atoms with van der Waals surface area (Å²) in [6.45, 7) is 4.57. The van der Waals surface area contributed by atoms with Gasteiger partial charge in [-0.15, -0.1) is 0 Å². The van der Waals surface area contributed by atoms with E-state index in [-0.39, 0.29) is 17.2 Å². The van der Waals surface area contributed by atoms with Crippen molar-refractivity contribution < 1.29 is 9.59 Å². The van der Waals surface area contributed by atoms with Crippen molar-refractivity contribution in [1.29, 1.82) is 0 Å². The molecule has 2 amide bonds. The normalized spacial score (nSPS) is 31.2. The first-order valence-corrected chi connectivity index (χ1v) is 7.71. The Labute approximate surface area is 125 Å². The molecule has 0 aromatic heterocycles. The SMILES string of the molecule is CCCN1C(=O)C2(CC)CC(c3ccc(N)cc3)(C2)C1=O. The van der Waals surface area contributed by atoms with Crippen molar-refractivity contribution in [2.24, 2.45) is 5.41 Å². The van der Waals surface area contributed by atoms with Crippen LogP contribution in [0.4, 0.5) is 5.69 Å². The number of rotatable bonds is 4.